The number of hydrogen-bond acceptors (Lipinski definition) is 6. The molecule has 8 nitrogen and oxygen atoms in total. The van der Waals surface area contributed by atoms with Crippen molar-refractivity contribution in [1.82, 2.24) is 5.32 Å². The highest BCUT2D eigenvalue weighted by molar-refractivity contribution is 5.96. The van der Waals surface area contributed by atoms with Gasteiger partial charge in [0.25, 0.3) is 5.91 Å². The van der Waals surface area contributed by atoms with Gasteiger partial charge in [-0.2, -0.15) is 0 Å². The normalized spacial score (nSPS) is 10.0. The van der Waals surface area contributed by atoms with E-state index in [1.54, 1.807) is 0 Å². The Morgan fingerprint density at radius 1 is 1.00 bits per heavy atom. The molecule has 0 radical (unpaired) electrons. The number of nitrogens with one attached hydrogen (secondary N) is 2. The van der Waals surface area contributed by atoms with E-state index in [1.807, 2.05) is 0 Å². The van der Waals surface area contributed by atoms with Gasteiger partial charge < -0.3 is 25.6 Å². The van der Waals surface area contributed by atoms with Crippen molar-refractivity contribution in [2.45, 2.75) is 0 Å². The Hall–Kier alpha value is -3.62. The molecule has 136 valence electrons. The van der Waals surface area contributed by atoms with Crippen molar-refractivity contribution in [3.05, 3.63) is 53.8 Å². The van der Waals surface area contributed by atoms with Crippen LogP contribution in [0.2, 0.25) is 0 Å². The summed E-state index contributed by atoms with van der Waals surface area (Å²) in [4.78, 5) is 35.0. The maximum absolute atomic E-state index is 12.8. The van der Waals surface area contributed by atoms with Crippen LogP contribution in [-0.2, 0) is 14.3 Å². The number of benzene rings is 2. The van der Waals surface area contributed by atoms with E-state index in [0.717, 1.165) is 12.1 Å². The number of hydrogen-bond donors (Lipinski definition) is 4. The minimum Gasteiger partial charge on any atom is -0.508 e. The molecule has 2 rings (SSSR count). The lowest BCUT2D eigenvalue weighted by Gasteiger charge is -2.08. The summed E-state index contributed by atoms with van der Waals surface area (Å²) in [6.07, 6.45) is 0. The first-order valence-corrected chi connectivity index (χ1v) is 7.36. The molecule has 2 amide bonds. The molecule has 0 heterocycles. The van der Waals surface area contributed by atoms with Crippen LogP contribution in [0.15, 0.2) is 42.5 Å². The molecule has 0 atom stereocenters. The summed E-state index contributed by atoms with van der Waals surface area (Å²) in [7, 11) is 0. The molecule has 26 heavy (non-hydrogen) atoms. The number of esters is 1. The summed E-state index contributed by atoms with van der Waals surface area (Å²) >= 11 is 0. The highest BCUT2D eigenvalue weighted by Gasteiger charge is 2.15. The van der Waals surface area contributed by atoms with Gasteiger partial charge in [-0.05, 0) is 36.4 Å². The Kier molecular flexibility index (Phi) is 6.10. The fourth-order valence-corrected chi connectivity index (χ4v) is 1.87. The van der Waals surface area contributed by atoms with Crippen LogP contribution in [0.3, 0.4) is 0 Å². The second kappa shape index (κ2) is 8.47. The summed E-state index contributed by atoms with van der Waals surface area (Å²) in [5, 5.41) is 23.4. The monoisotopic (exact) mass is 362 g/mol. The molecular formula is C17H15FN2O6. The van der Waals surface area contributed by atoms with Crippen LogP contribution in [0.1, 0.15) is 10.4 Å². The molecule has 0 unspecified atom stereocenters. The second-order valence-corrected chi connectivity index (χ2v) is 5.11. The van der Waals surface area contributed by atoms with Crippen LogP contribution in [0, 0.1) is 5.82 Å². The van der Waals surface area contributed by atoms with Gasteiger partial charge in [-0.1, -0.05) is 0 Å². The van der Waals surface area contributed by atoms with Crippen LogP contribution >= 0.6 is 0 Å². The van der Waals surface area contributed by atoms with E-state index in [0.29, 0.717) is 5.69 Å². The number of carbonyl (C=O) groups excluding carboxylic acids is 3. The Balaban J connectivity index is 1.75. The van der Waals surface area contributed by atoms with Crippen molar-refractivity contribution in [2.24, 2.45) is 0 Å². The molecule has 0 bridgehead atoms. The average Bonchev–Trinajstić information content (AvgIpc) is 2.60. The van der Waals surface area contributed by atoms with E-state index < -0.39 is 36.0 Å². The molecule has 0 saturated heterocycles. The van der Waals surface area contributed by atoms with Crippen LogP contribution in [0.5, 0.6) is 11.5 Å². The standard InChI is InChI=1S/C17H15FN2O6/c18-10-1-3-11(4-2-10)20-15(23)8-19-16(24)9-26-17(25)13-6-5-12(21)7-14(13)22/h1-7,21-22H,8-9H2,(H,19,24)(H,20,23). The Morgan fingerprint density at radius 3 is 2.35 bits per heavy atom. The van der Waals surface area contributed by atoms with E-state index in [-0.39, 0.29) is 17.9 Å². The lowest BCUT2D eigenvalue weighted by atomic mass is 10.2. The number of carbonyl (C=O) groups is 3. The van der Waals surface area contributed by atoms with Crippen LogP contribution in [0.4, 0.5) is 10.1 Å². The highest BCUT2D eigenvalue weighted by atomic mass is 19.1. The van der Waals surface area contributed by atoms with Crippen molar-refractivity contribution < 1.29 is 33.7 Å². The topological polar surface area (TPSA) is 125 Å². The third kappa shape index (κ3) is 5.48. The van der Waals surface area contributed by atoms with Crippen LogP contribution < -0.4 is 10.6 Å². The SMILES string of the molecule is O=C(COC(=O)c1ccc(O)cc1O)NCC(=O)Nc1ccc(F)cc1. The molecule has 2 aromatic rings. The molecule has 0 aliphatic carbocycles. The molecular weight excluding hydrogens is 347 g/mol. The first-order valence-electron chi connectivity index (χ1n) is 7.36. The van der Waals surface area contributed by atoms with Crippen molar-refractivity contribution in [3.8, 4) is 11.5 Å². The number of anilines is 1. The molecule has 4 N–H and O–H groups in total. The summed E-state index contributed by atoms with van der Waals surface area (Å²) in [6.45, 7) is -1.04. The van der Waals surface area contributed by atoms with Gasteiger partial charge in [0.2, 0.25) is 5.91 Å². The van der Waals surface area contributed by atoms with Gasteiger partial charge in [-0.3, -0.25) is 9.59 Å². The molecule has 0 aliphatic heterocycles. The summed E-state index contributed by atoms with van der Waals surface area (Å²) in [5.74, 6) is -3.41. The third-order valence-electron chi connectivity index (χ3n) is 3.11. The third-order valence-corrected chi connectivity index (χ3v) is 3.11. The maximum Gasteiger partial charge on any atom is 0.342 e. The van der Waals surface area contributed by atoms with E-state index in [1.165, 1.54) is 30.3 Å². The highest BCUT2D eigenvalue weighted by Crippen LogP contribution is 2.23. The van der Waals surface area contributed by atoms with Crippen LogP contribution in [0.25, 0.3) is 0 Å². The van der Waals surface area contributed by atoms with Crippen molar-refractivity contribution in [2.75, 3.05) is 18.5 Å². The van der Waals surface area contributed by atoms with Gasteiger partial charge in [0.15, 0.2) is 6.61 Å². The van der Waals surface area contributed by atoms with E-state index >= 15 is 0 Å². The van der Waals surface area contributed by atoms with Gasteiger partial charge >= 0.3 is 5.97 Å². The average molecular weight is 362 g/mol. The first kappa shape index (κ1) is 18.7. The minimum atomic E-state index is -0.964. The molecule has 0 aliphatic rings. The number of rotatable bonds is 6. The quantitative estimate of drug-likeness (QED) is 0.571. The zero-order valence-corrected chi connectivity index (χ0v) is 13.4. The summed E-state index contributed by atoms with van der Waals surface area (Å²) < 4.78 is 17.5. The van der Waals surface area contributed by atoms with E-state index in [2.05, 4.69) is 10.6 Å². The Labute approximate surface area is 147 Å². The van der Waals surface area contributed by atoms with Crippen molar-refractivity contribution in [1.29, 1.82) is 0 Å². The zero-order valence-electron chi connectivity index (χ0n) is 13.4. The number of amides is 2. The van der Waals surface area contributed by atoms with Gasteiger partial charge in [0.05, 0.1) is 6.54 Å². The van der Waals surface area contributed by atoms with Crippen LogP contribution in [-0.4, -0.2) is 41.1 Å². The van der Waals surface area contributed by atoms with E-state index in [4.69, 9.17) is 9.84 Å². The Bertz CT molecular complexity index is 823. The molecule has 0 spiro atoms. The van der Waals surface area contributed by atoms with Gasteiger partial charge in [-0.25, -0.2) is 9.18 Å². The fraction of sp³-hybridized carbons (Fsp3) is 0.118. The van der Waals surface area contributed by atoms with Gasteiger partial charge in [0, 0.05) is 11.8 Å². The van der Waals surface area contributed by atoms with Gasteiger partial charge in [0.1, 0.15) is 22.9 Å². The first-order chi connectivity index (χ1) is 12.3. The number of aromatic hydroxyl groups is 2. The Morgan fingerprint density at radius 2 is 1.69 bits per heavy atom. The number of halogens is 1. The minimum absolute atomic E-state index is 0.218. The summed E-state index contributed by atoms with van der Waals surface area (Å²) in [6, 6.07) is 8.34. The smallest absolute Gasteiger partial charge is 0.342 e. The van der Waals surface area contributed by atoms with E-state index in [9.17, 15) is 23.9 Å². The van der Waals surface area contributed by atoms with Gasteiger partial charge in [-0.15, -0.1) is 0 Å². The maximum atomic E-state index is 12.8. The summed E-state index contributed by atoms with van der Waals surface area (Å²) in [5.41, 5.74) is 0.143. The fourth-order valence-electron chi connectivity index (χ4n) is 1.87. The lowest BCUT2D eigenvalue weighted by Crippen LogP contribution is -2.35. The largest absolute Gasteiger partial charge is 0.508 e. The predicted octanol–water partition coefficient (Wildman–Crippen LogP) is 1.15. The predicted molar refractivity (Wildman–Crippen MR) is 88.1 cm³/mol. The molecule has 0 fully saturated rings. The molecule has 0 aromatic heterocycles. The zero-order chi connectivity index (χ0) is 19.1. The lowest BCUT2D eigenvalue weighted by molar-refractivity contribution is -0.126. The molecule has 2 aromatic carbocycles. The van der Waals surface area contributed by atoms with Crippen molar-refractivity contribution in [3.63, 3.8) is 0 Å². The molecule has 0 saturated carbocycles. The number of ether oxygens (including phenoxy) is 1. The van der Waals surface area contributed by atoms with Crippen molar-refractivity contribution >= 4 is 23.5 Å². The molecule has 9 heteroatoms. The number of phenols is 2. The second-order valence-electron chi connectivity index (χ2n) is 5.11. The number of phenolic OH excluding ortho intramolecular Hbond substituents is 2.